The Labute approximate surface area is 101 Å². The van der Waals surface area contributed by atoms with Crippen LogP contribution in [-0.2, 0) is 4.74 Å². The average molecular weight is 231 g/mol. The van der Waals surface area contributed by atoms with Gasteiger partial charge in [0.15, 0.2) is 0 Å². The zero-order valence-electron chi connectivity index (χ0n) is 9.94. The smallest absolute Gasteiger partial charge is 0.0951 e. The first kappa shape index (κ1) is 11.7. The molecule has 0 atom stereocenters. The molecule has 1 heterocycles. The first-order valence-electron chi connectivity index (χ1n) is 5.69. The molecule has 0 unspecified atom stereocenters. The number of ether oxygens (including phenoxy) is 1. The minimum atomic E-state index is 0.711. The van der Waals surface area contributed by atoms with Crippen LogP contribution in [0.1, 0.15) is 6.42 Å². The van der Waals surface area contributed by atoms with Gasteiger partial charge in [-0.3, -0.25) is 4.98 Å². The molecular formula is C13H17N3O. The number of hydrogen-bond donors (Lipinski definition) is 2. The third-order valence-electron chi connectivity index (χ3n) is 2.64. The Morgan fingerprint density at radius 2 is 2.24 bits per heavy atom. The van der Waals surface area contributed by atoms with E-state index in [1.165, 1.54) is 0 Å². The number of nitrogen functional groups attached to an aromatic ring is 1. The third kappa shape index (κ3) is 2.65. The van der Waals surface area contributed by atoms with E-state index in [4.69, 9.17) is 10.5 Å². The molecular weight excluding hydrogens is 214 g/mol. The van der Waals surface area contributed by atoms with Crippen molar-refractivity contribution in [2.24, 2.45) is 0 Å². The molecule has 1 aromatic carbocycles. The van der Waals surface area contributed by atoms with Gasteiger partial charge in [0.25, 0.3) is 0 Å². The minimum absolute atomic E-state index is 0.711. The molecule has 2 aromatic rings. The van der Waals surface area contributed by atoms with Crippen LogP contribution in [-0.4, -0.2) is 25.2 Å². The van der Waals surface area contributed by atoms with Crippen molar-refractivity contribution < 1.29 is 4.74 Å². The number of anilines is 2. The summed E-state index contributed by atoms with van der Waals surface area (Å²) in [5, 5.41) is 4.43. The number of methoxy groups -OCH3 is 1. The Hall–Kier alpha value is -1.81. The van der Waals surface area contributed by atoms with Gasteiger partial charge >= 0.3 is 0 Å². The van der Waals surface area contributed by atoms with Crippen LogP contribution < -0.4 is 11.1 Å². The van der Waals surface area contributed by atoms with Gasteiger partial charge in [-0.25, -0.2) is 0 Å². The highest BCUT2D eigenvalue weighted by molar-refractivity contribution is 5.97. The van der Waals surface area contributed by atoms with E-state index in [1.54, 1.807) is 13.3 Å². The van der Waals surface area contributed by atoms with Gasteiger partial charge in [-0.1, -0.05) is 12.1 Å². The van der Waals surface area contributed by atoms with Gasteiger partial charge in [0, 0.05) is 37.5 Å². The fourth-order valence-corrected chi connectivity index (χ4v) is 1.79. The SMILES string of the molecule is COCCCNc1ccnc2c(N)cccc12. The summed E-state index contributed by atoms with van der Waals surface area (Å²) in [6, 6.07) is 7.80. The Bertz CT molecular complexity index is 499. The van der Waals surface area contributed by atoms with Crippen LogP contribution in [0, 0.1) is 0 Å². The summed E-state index contributed by atoms with van der Waals surface area (Å²) < 4.78 is 5.01. The molecule has 0 spiro atoms. The maximum absolute atomic E-state index is 5.89. The maximum atomic E-state index is 5.89. The van der Waals surface area contributed by atoms with Gasteiger partial charge in [-0.15, -0.1) is 0 Å². The molecule has 0 radical (unpaired) electrons. The van der Waals surface area contributed by atoms with Crippen LogP contribution >= 0.6 is 0 Å². The van der Waals surface area contributed by atoms with Crippen molar-refractivity contribution in [3.8, 4) is 0 Å². The van der Waals surface area contributed by atoms with E-state index in [0.717, 1.165) is 36.2 Å². The summed E-state index contributed by atoms with van der Waals surface area (Å²) in [4.78, 5) is 4.30. The quantitative estimate of drug-likeness (QED) is 0.612. The average Bonchev–Trinajstić information content (AvgIpc) is 2.36. The van der Waals surface area contributed by atoms with E-state index in [9.17, 15) is 0 Å². The lowest BCUT2D eigenvalue weighted by Crippen LogP contribution is -2.05. The standard InChI is InChI=1S/C13H17N3O/c1-17-9-3-7-15-12-6-8-16-13-10(12)4-2-5-11(13)14/h2,4-6,8H,3,7,9,14H2,1H3,(H,15,16). The van der Waals surface area contributed by atoms with Crippen molar-refractivity contribution in [2.75, 3.05) is 31.3 Å². The van der Waals surface area contributed by atoms with Gasteiger partial charge < -0.3 is 15.8 Å². The van der Waals surface area contributed by atoms with Crippen LogP contribution in [0.3, 0.4) is 0 Å². The predicted octanol–water partition coefficient (Wildman–Crippen LogP) is 2.27. The molecule has 0 saturated carbocycles. The summed E-state index contributed by atoms with van der Waals surface area (Å²) in [6.07, 6.45) is 2.75. The lowest BCUT2D eigenvalue weighted by atomic mass is 10.1. The molecule has 0 bridgehead atoms. The summed E-state index contributed by atoms with van der Waals surface area (Å²) in [5.74, 6) is 0. The number of nitrogens with two attached hydrogens (primary N) is 1. The lowest BCUT2D eigenvalue weighted by molar-refractivity contribution is 0.198. The molecule has 0 saturated heterocycles. The Morgan fingerprint density at radius 1 is 1.35 bits per heavy atom. The molecule has 2 rings (SSSR count). The summed E-state index contributed by atoms with van der Waals surface area (Å²) in [7, 11) is 1.71. The predicted molar refractivity (Wildman–Crippen MR) is 71.1 cm³/mol. The molecule has 4 nitrogen and oxygen atoms in total. The largest absolute Gasteiger partial charge is 0.397 e. The van der Waals surface area contributed by atoms with Crippen molar-refractivity contribution in [1.29, 1.82) is 0 Å². The second kappa shape index (κ2) is 5.50. The van der Waals surface area contributed by atoms with E-state index in [1.807, 2.05) is 24.3 Å². The maximum Gasteiger partial charge on any atom is 0.0951 e. The zero-order valence-corrected chi connectivity index (χ0v) is 9.94. The van der Waals surface area contributed by atoms with Crippen molar-refractivity contribution in [2.45, 2.75) is 6.42 Å². The summed E-state index contributed by atoms with van der Waals surface area (Å²) in [6.45, 7) is 1.64. The Balaban J connectivity index is 2.19. The van der Waals surface area contributed by atoms with Crippen LogP contribution in [0.25, 0.3) is 10.9 Å². The van der Waals surface area contributed by atoms with Gasteiger partial charge in [-0.05, 0) is 18.6 Å². The van der Waals surface area contributed by atoms with E-state index in [2.05, 4.69) is 10.3 Å². The highest BCUT2D eigenvalue weighted by atomic mass is 16.5. The Kier molecular flexibility index (Phi) is 3.77. The van der Waals surface area contributed by atoms with E-state index >= 15 is 0 Å². The lowest BCUT2D eigenvalue weighted by Gasteiger charge is -2.09. The van der Waals surface area contributed by atoms with Gasteiger partial charge in [-0.2, -0.15) is 0 Å². The fraction of sp³-hybridized carbons (Fsp3) is 0.308. The number of nitrogens with one attached hydrogen (secondary N) is 1. The van der Waals surface area contributed by atoms with E-state index in [0.29, 0.717) is 5.69 Å². The minimum Gasteiger partial charge on any atom is -0.397 e. The van der Waals surface area contributed by atoms with Crippen molar-refractivity contribution in [1.82, 2.24) is 4.98 Å². The number of aromatic nitrogens is 1. The molecule has 0 aliphatic rings. The van der Waals surface area contributed by atoms with Crippen LogP contribution in [0.2, 0.25) is 0 Å². The molecule has 0 aliphatic heterocycles. The molecule has 4 heteroatoms. The normalized spacial score (nSPS) is 10.6. The first-order chi connectivity index (χ1) is 8.33. The Morgan fingerprint density at radius 3 is 3.06 bits per heavy atom. The number of hydrogen-bond acceptors (Lipinski definition) is 4. The van der Waals surface area contributed by atoms with Crippen molar-refractivity contribution in [3.05, 3.63) is 30.5 Å². The fourth-order valence-electron chi connectivity index (χ4n) is 1.79. The van der Waals surface area contributed by atoms with Gasteiger partial charge in [0.2, 0.25) is 0 Å². The molecule has 90 valence electrons. The van der Waals surface area contributed by atoms with Crippen LogP contribution in [0.4, 0.5) is 11.4 Å². The monoisotopic (exact) mass is 231 g/mol. The number of pyridine rings is 1. The second-order valence-corrected chi connectivity index (χ2v) is 3.88. The van der Waals surface area contributed by atoms with Gasteiger partial charge in [0.1, 0.15) is 0 Å². The molecule has 0 fully saturated rings. The van der Waals surface area contributed by atoms with Crippen LogP contribution in [0.5, 0.6) is 0 Å². The molecule has 0 amide bonds. The molecule has 17 heavy (non-hydrogen) atoms. The molecule has 3 N–H and O–H groups in total. The number of nitrogens with zero attached hydrogens (tertiary/aromatic N) is 1. The topological polar surface area (TPSA) is 60.2 Å². The molecule has 1 aromatic heterocycles. The van der Waals surface area contributed by atoms with Crippen LogP contribution in [0.15, 0.2) is 30.5 Å². The third-order valence-corrected chi connectivity index (χ3v) is 2.64. The summed E-state index contributed by atoms with van der Waals surface area (Å²) in [5.41, 5.74) is 8.52. The molecule has 0 aliphatic carbocycles. The van der Waals surface area contributed by atoms with E-state index in [-0.39, 0.29) is 0 Å². The number of benzene rings is 1. The van der Waals surface area contributed by atoms with Gasteiger partial charge in [0.05, 0.1) is 11.2 Å². The highest BCUT2D eigenvalue weighted by Crippen LogP contribution is 2.25. The summed E-state index contributed by atoms with van der Waals surface area (Å²) >= 11 is 0. The zero-order chi connectivity index (χ0) is 12.1. The van der Waals surface area contributed by atoms with Crippen molar-refractivity contribution >= 4 is 22.3 Å². The first-order valence-corrected chi connectivity index (χ1v) is 5.69. The number of rotatable bonds is 5. The highest BCUT2D eigenvalue weighted by Gasteiger charge is 2.03. The number of para-hydroxylation sites is 1. The van der Waals surface area contributed by atoms with Crippen molar-refractivity contribution in [3.63, 3.8) is 0 Å². The second-order valence-electron chi connectivity index (χ2n) is 3.88. The van der Waals surface area contributed by atoms with E-state index < -0.39 is 0 Å². The number of fused-ring (bicyclic) bond motifs is 1.